The highest BCUT2D eigenvalue weighted by molar-refractivity contribution is 9.11. The van der Waals surface area contributed by atoms with E-state index in [9.17, 15) is 4.79 Å². The second kappa shape index (κ2) is 5.86. The summed E-state index contributed by atoms with van der Waals surface area (Å²) >= 11 is 8.44. The third-order valence-corrected chi connectivity index (χ3v) is 4.58. The maximum absolute atomic E-state index is 10.8. The molecule has 0 aliphatic heterocycles. The normalized spacial score (nSPS) is 10.3. The second-order valence-electron chi connectivity index (χ2n) is 3.56. The molecule has 0 radical (unpaired) electrons. The van der Waals surface area contributed by atoms with E-state index in [1.54, 1.807) is 29.5 Å². The van der Waals surface area contributed by atoms with Crippen LogP contribution in [0.2, 0.25) is 0 Å². The first-order valence-electron chi connectivity index (χ1n) is 5.07. The molecule has 0 amide bonds. The van der Waals surface area contributed by atoms with Crippen molar-refractivity contribution in [3.05, 3.63) is 49.0 Å². The quantitative estimate of drug-likeness (QED) is 0.802. The number of halogens is 2. The molecule has 2 N–H and O–H groups in total. The van der Waals surface area contributed by atoms with Crippen LogP contribution in [0.4, 0.5) is 5.69 Å². The van der Waals surface area contributed by atoms with E-state index in [-0.39, 0.29) is 5.56 Å². The molecule has 0 bridgehead atoms. The third kappa shape index (κ3) is 3.34. The SMILES string of the molecule is O=C(O)c1ccc(NCc2ccc(Br)s2)c(Br)c1. The number of carbonyl (C=O) groups is 1. The van der Waals surface area contributed by atoms with Crippen LogP contribution in [0.1, 0.15) is 15.2 Å². The maximum atomic E-state index is 10.8. The van der Waals surface area contributed by atoms with Gasteiger partial charge < -0.3 is 10.4 Å². The molecule has 1 aromatic carbocycles. The van der Waals surface area contributed by atoms with Gasteiger partial charge in [0.15, 0.2) is 0 Å². The Bertz CT molecular complexity index is 583. The van der Waals surface area contributed by atoms with Gasteiger partial charge in [0.05, 0.1) is 9.35 Å². The summed E-state index contributed by atoms with van der Waals surface area (Å²) in [6.45, 7) is 0.710. The van der Waals surface area contributed by atoms with Crippen molar-refractivity contribution in [1.29, 1.82) is 0 Å². The molecule has 0 unspecified atom stereocenters. The Kier molecular flexibility index (Phi) is 4.42. The van der Waals surface area contributed by atoms with Crippen molar-refractivity contribution < 1.29 is 9.90 Å². The van der Waals surface area contributed by atoms with E-state index in [4.69, 9.17) is 5.11 Å². The van der Waals surface area contributed by atoms with Crippen LogP contribution >= 0.6 is 43.2 Å². The van der Waals surface area contributed by atoms with Crippen molar-refractivity contribution in [2.24, 2.45) is 0 Å². The Hall–Kier alpha value is -0.850. The fourth-order valence-electron chi connectivity index (χ4n) is 1.42. The van der Waals surface area contributed by atoms with Crippen LogP contribution in [-0.4, -0.2) is 11.1 Å². The molecule has 0 saturated carbocycles. The van der Waals surface area contributed by atoms with Crippen LogP contribution in [0.3, 0.4) is 0 Å². The number of thiophene rings is 1. The minimum atomic E-state index is -0.926. The standard InChI is InChI=1S/C12H9Br2NO2S/c13-9-5-7(12(16)17)1-3-10(9)15-6-8-2-4-11(14)18-8/h1-5,15H,6H2,(H,16,17). The maximum Gasteiger partial charge on any atom is 0.335 e. The number of hydrogen-bond acceptors (Lipinski definition) is 3. The zero-order chi connectivity index (χ0) is 13.1. The predicted molar refractivity (Wildman–Crippen MR) is 80.4 cm³/mol. The summed E-state index contributed by atoms with van der Waals surface area (Å²) in [5.74, 6) is -0.926. The van der Waals surface area contributed by atoms with E-state index in [1.807, 2.05) is 12.1 Å². The molecule has 0 aliphatic carbocycles. The van der Waals surface area contributed by atoms with E-state index in [1.165, 1.54) is 4.88 Å². The van der Waals surface area contributed by atoms with Gasteiger partial charge in [0.25, 0.3) is 0 Å². The lowest BCUT2D eigenvalue weighted by molar-refractivity contribution is 0.0697. The molecule has 2 rings (SSSR count). The average molecular weight is 391 g/mol. The van der Waals surface area contributed by atoms with Crippen LogP contribution < -0.4 is 5.32 Å². The van der Waals surface area contributed by atoms with E-state index in [2.05, 4.69) is 37.2 Å². The monoisotopic (exact) mass is 389 g/mol. The van der Waals surface area contributed by atoms with E-state index in [0.29, 0.717) is 6.54 Å². The fraction of sp³-hybridized carbons (Fsp3) is 0.0833. The van der Waals surface area contributed by atoms with Gasteiger partial charge in [-0.05, 0) is 62.2 Å². The van der Waals surface area contributed by atoms with E-state index in [0.717, 1.165) is 13.9 Å². The van der Waals surface area contributed by atoms with E-state index >= 15 is 0 Å². The molecule has 1 heterocycles. The number of rotatable bonds is 4. The number of carboxylic acid groups (broad SMARTS) is 1. The van der Waals surface area contributed by atoms with Crippen molar-refractivity contribution in [3.63, 3.8) is 0 Å². The first-order valence-corrected chi connectivity index (χ1v) is 7.47. The van der Waals surface area contributed by atoms with Crippen LogP contribution in [0.5, 0.6) is 0 Å². The molecule has 6 heteroatoms. The molecule has 18 heavy (non-hydrogen) atoms. The molecule has 94 valence electrons. The summed E-state index contributed by atoms with van der Waals surface area (Å²) < 4.78 is 1.85. The van der Waals surface area contributed by atoms with Gasteiger partial charge in [-0.3, -0.25) is 0 Å². The Morgan fingerprint density at radius 1 is 1.28 bits per heavy atom. The fourth-order valence-corrected chi connectivity index (χ4v) is 3.36. The lowest BCUT2D eigenvalue weighted by atomic mass is 10.2. The highest BCUT2D eigenvalue weighted by atomic mass is 79.9. The van der Waals surface area contributed by atoms with Gasteiger partial charge in [-0.15, -0.1) is 11.3 Å². The minimum Gasteiger partial charge on any atom is -0.478 e. The van der Waals surface area contributed by atoms with Gasteiger partial charge in [-0.25, -0.2) is 4.79 Å². The van der Waals surface area contributed by atoms with Crippen molar-refractivity contribution in [3.8, 4) is 0 Å². The van der Waals surface area contributed by atoms with Gasteiger partial charge in [0.2, 0.25) is 0 Å². The molecule has 0 spiro atoms. The lowest BCUT2D eigenvalue weighted by Crippen LogP contribution is -2.01. The van der Waals surface area contributed by atoms with Crippen molar-refractivity contribution in [2.45, 2.75) is 6.54 Å². The van der Waals surface area contributed by atoms with Gasteiger partial charge in [-0.1, -0.05) is 0 Å². The third-order valence-electron chi connectivity index (χ3n) is 2.30. The molecule has 2 aromatic rings. The summed E-state index contributed by atoms with van der Waals surface area (Å²) in [5, 5.41) is 12.1. The number of nitrogens with one attached hydrogen (secondary N) is 1. The number of anilines is 1. The second-order valence-corrected chi connectivity index (χ2v) is 6.96. The van der Waals surface area contributed by atoms with E-state index < -0.39 is 5.97 Å². The minimum absolute atomic E-state index is 0.270. The summed E-state index contributed by atoms with van der Waals surface area (Å²) in [7, 11) is 0. The topological polar surface area (TPSA) is 49.3 Å². The first kappa shape index (κ1) is 13.6. The Balaban J connectivity index is 2.08. The lowest BCUT2D eigenvalue weighted by Gasteiger charge is -2.08. The van der Waals surface area contributed by atoms with Crippen molar-refractivity contribution >= 4 is 54.9 Å². The summed E-state index contributed by atoms with van der Waals surface area (Å²) in [5.41, 5.74) is 1.15. The largest absolute Gasteiger partial charge is 0.478 e. The molecule has 0 saturated heterocycles. The van der Waals surface area contributed by atoms with Crippen LogP contribution in [0.25, 0.3) is 0 Å². The van der Waals surface area contributed by atoms with Gasteiger partial charge in [0.1, 0.15) is 0 Å². The first-order chi connectivity index (χ1) is 8.56. The average Bonchev–Trinajstić information content (AvgIpc) is 2.73. The molecular formula is C12H9Br2NO2S. The van der Waals surface area contributed by atoms with Crippen molar-refractivity contribution in [1.82, 2.24) is 0 Å². The van der Waals surface area contributed by atoms with Gasteiger partial charge in [-0.2, -0.15) is 0 Å². The van der Waals surface area contributed by atoms with Crippen molar-refractivity contribution in [2.75, 3.05) is 5.32 Å². The molecule has 1 aromatic heterocycles. The summed E-state index contributed by atoms with van der Waals surface area (Å²) in [6, 6.07) is 8.98. The molecule has 0 fully saturated rings. The smallest absolute Gasteiger partial charge is 0.335 e. The zero-order valence-electron chi connectivity index (χ0n) is 9.11. The van der Waals surface area contributed by atoms with Gasteiger partial charge in [0, 0.05) is 21.6 Å². The molecule has 3 nitrogen and oxygen atoms in total. The highest BCUT2D eigenvalue weighted by Gasteiger charge is 2.06. The number of hydrogen-bond donors (Lipinski definition) is 2. The summed E-state index contributed by atoms with van der Waals surface area (Å²) in [6.07, 6.45) is 0. The number of aromatic carboxylic acids is 1. The van der Waals surface area contributed by atoms with Gasteiger partial charge >= 0.3 is 5.97 Å². The summed E-state index contributed by atoms with van der Waals surface area (Å²) in [4.78, 5) is 12.0. The Morgan fingerprint density at radius 2 is 2.06 bits per heavy atom. The Morgan fingerprint density at radius 3 is 2.61 bits per heavy atom. The van der Waals surface area contributed by atoms with Crippen LogP contribution in [0.15, 0.2) is 38.6 Å². The zero-order valence-corrected chi connectivity index (χ0v) is 13.1. The Labute approximate surface area is 125 Å². The van der Waals surface area contributed by atoms with Crippen LogP contribution in [0, 0.1) is 0 Å². The number of benzene rings is 1. The van der Waals surface area contributed by atoms with Crippen LogP contribution in [-0.2, 0) is 6.54 Å². The number of carboxylic acids is 1. The molecule has 0 aliphatic rings. The predicted octanol–water partition coefficient (Wildman–Crippen LogP) is 4.58. The highest BCUT2D eigenvalue weighted by Crippen LogP contribution is 2.26. The molecule has 0 atom stereocenters. The molecular weight excluding hydrogens is 382 g/mol.